The normalized spacial score (nSPS) is 29.4. The van der Waals surface area contributed by atoms with E-state index in [1.165, 1.54) is 25.7 Å². The summed E-state index contributed by atoms with van der Waals surface area (Å²) in [5, 5.41) is 6.36. The topological polar surface area (TPSA) is 41.1 Å². The van der Waals surface area contributed by atoms with Gasteiger partial charge in [0.2, 0.25) is 5.91 Å². The third-order valence-electron chi connectivity index (χ3n) is 3.13. The molecule has 0 bridgehead atoms. The molecule has 1 saturated carbocycles. The van der Waals surface area contributed by atoms with Gasteiger partial charge in [-0.3, -0.25) is 4.79 Å². The lowest BCUT2D eigenvalue weighted by Gasteiger charge is -2.14. The molecule has 2 aliphatic rings. The molecule has 1 aliphatic heterocycles. The minimum Gasteiger partial charge on any atom is -0.353 e. The van der Waals surface area contributed by atoms with E-state index in [2.05, 4.69) is 10.6 Å². The highest BCUT2D eigenvalue weighted by atomic mass is 16.2. The summed E-state index contributed by atoms with van der Waals surface area (Å²) in [6.07, 6.45) is 5.96. The van der Waals surface area contributed by atoms with Crippen LogP contribution in [-0.4, -0.2) is 25.0 Å². The van der Waals surface area contributed by atoms with E-state index in [9.17, 15) is 4.79 Å². The van der Waals surface area contributed by atoms with Gasteiger partial charge >= 0.3 is 0 Å². The number of amides is 1. The SMILES string of the molecule is O=C(NC1CCCC1)[C@H]1CCNC1. The second kappa shape index (κ2) is 4.09. The smallest absolute Gasteiger partial charge is 0.224 e. The zero-order valence-electron chi connectivity index (χ0n) is 8.01. The van der Waals surface area contributed by atoms with Crippen molar-refractivity contribution < 1.29 is 4.79 Å². The number of hydrogen-bond acceptors (Lipinski definition) is 2. The lowest BCUT2D eigenvalue weighted by atomic mass is 10.1. The quantitative estimate of drug-likeness (QED) is 0.658. The van der Waals surface area contributed by atoms with Crippen LogP contribution in [0.1, 0.15) is 32.1 Å². The molecule has 0 aromatic carbocycles. The number of carbonyl (C=O) groups excluding carboxylic acids is 1. The highest BCUT2D eigenvalue weighted by Gasteiger charge is 2.25. The summed E-state index contributed by atoms with van der Waals surface area (Å²) >= 11 is 0. The van der Waals surface area contributed by atoms with E-state index in [-0.39, 0.29) is 11.8 Å². The van der Waals surface area contributed by atoms with Crippen LogP contribution >= 0.6 is 0 Å². The van der Waals surface area contributed by atoms with Gasteiger partial charge in [0.1, 0.15) is 0 Å². The molecule has 0 aromatic rings. The highest BCUT2D eigenvalue weighted by Crippen LogP contribution is 2.18. The van der Waals surface area contributed by atoms with Crippen LogP contribution in [0.2, 0.25) is 0 Å². The molecule has 1 amide bonds. The third kappa shape index (κ3) is 2.21. The summed E-state index contributed by atoms with van der Waals surface area (Å²) in [5.74, 6) is 0.512. The Morgan fingerprint density at radius 2 is 2.00 bits per heavy atom. The number of carbonyl (C=O) groups is 1. The van der Waals surface area contributed by atoms with Crippen LogP contribution < -0.4 is 10.6 Å². The van der Waals surface area contributed by atoms with Crippen LogP contribution in [0.5, 0.6) is 0 Å². The Labute approximate surface area is 79.3 Å². The van der Waals surface area contributed by atoms with Crippen LogP contribution in [-0.2, 0) is 4.79 Å². The van der Waals surface area contributed by atoms with E-state index in [4.69, 9.17) is 0 Å². The van der Waals surface area contributed by atoms with Crippen molar-refractivity contribution in [3.63, 3.8) is 0 Å². The van der Waals surface area contributed by atoms with Gasteiger partial charge in [0.05, 0.1) is 5.92 Å². The molecular formula is C10H18N2O. The molecule has 2 rings (SSSR count). The monoisotopic (exact) mass is 182 g/mol. The van der Waals surface area contributed by atoms with E-state index in [0.29, 0.717) is 6.04 Å². The standard InChI is InChI=1S/C10H18N2O/c13-10(8-5-6-11-7-8)12-9-3-1-2-4-9/h8-9,11H,1-7H2,(H,12,13)/t8-/m0/s1. The predicted molar refractivity (Wildman–Crippen MR) is 51.4 cm³/mol. The first kappa shape index (κ1) is 9.00. The van der Waals surface area contributed by atoms with Crippen molar-refractivity contribution in [2.24, 2.45) is 5.92 Å². The Morgan fingerprint density at radius 3 is 2.62 bits per heavy atom. The largest absolute Gasteiger partial charge is 0.353 e. The fraction of sp³-hybridized carbons (Fsp3) is 0.900. The number of nitrogens with one attached hydrogen (secondary N) is 2. The van der Waals surface area contributed by atoms with Crippen molar-refractivity contribution in [1.29, 1.82) is 0 Å². The Balaban J connectivity index is 1.76. The summed E-state index contributed by atoms with van der Waals surface area (Å²) in [4.78, 5) is 11.7. The first-order valence-electron chi connectivity index (χ1n) is 5.37. The zero-order chi connectivity index (χ0) is 9.10. The molecule has 0 aromatic heterocycles. The molecule has 74 valence electrons. The molecule has 1 heterocycles. The van der Waals surface area contributed by atoms with Crippen LogP contribution in [0, 0.1) is 5.92 Å². The molecule has 2 N–H and O–H groups in total. The van der Waals surface area contributed by atoms with Crippen LogP contribution in [0.15, 0.2) is 0 Å². The minimum atomic E-state index is 0.237. The molecular weight excluding hydrogens is 164 g/mol. The fourth-order valence-corrected chi connectivity index (χ4v) is 2.27. The molecule has 1 atom stereocenters. The molecule has 0 spiro atoms. The van der Waals surface area contributed by atoms with Gasteiger partial charge in [0, 0.05) is 12.6 Å². The van der Waals surface area contributed by atoms with E-state index >= 15 is 0 Å². The number of hydrogen-bond donors (Lipinski definition) is 2. The Hall–Kier alpha value is -0.570. The van der Waals surface area contributed by atoms with Crippen molar-refractivity contribution in [1.82, 2.24) is 10.6 Å². The molecule has 13 heavy (non-hydrogen) atoms. The Bertz CT molecular complexity index is 181. The van der Waals surface area contributed by atoms with Crippen molar-refractivity contribution in [3.05, 3.63) is 0 Å². The Kier molecular flexibility index (Phi) is 2.83. The van der Waals surface area contributed by atoms with E-state index in [0.717, 1.165) is 19.5 Å². The molecule has 3 heteroatoms. The van der Waals surface area contributed by atoms with Gasteiger partial charge in [0.25, 0.3) is 0 Å². The Morgan fingerprint density at radius 1 is 1.23 bits per heavy atom. The van der Waals surface area contributed by atoms with E-state index in [1.54, 1.807) is 0 Å². The lowest BCUT2D eigenvalue weighted by Crippen LogP contribution is -2.38. The van der Waals surface area contributed by atoms with Crippen molar-refractivity contribution in [2.45, 2.75) is 38.1 Å². The summed E-state index contributed by atoms with van der Waals surface area (Å²) in [5.41, 5.74) is 0. The van der Waals surface area contributed by atoms with E-state index < -0.39 is 0 Å². The maximum atomic E-state index is 11.7. The average Bonchev–Trinajstić information content (AvgIpc) is 2.74. The van der Waals surface area contributed by atoms with E-state index in [1.807, 2.05) is 0 Å². The highest BCUT2D eigenvalue weighted by molar-refractivity contribution is 5.79. The van der Waals surface area contributed by atoms with Crippen molar-refractivity contribution >= 4 is 5.91 Å². The molecule has 2 fully saturated rings. The van der Waals surface area contributed by atoms with Gasteiger partial charge in [-0.05, 0) is 25.8 Å². The van der Waals surface area contributed by atoms with Crippen LogP contribution in [0.4, 0.5) is 0 Å². The molecule has 3 nitrogen and oxygen atoms in total. The molecule has 0 radical (unpaired) electrons. The zero-order valence-corrected chi connectivity index (χ0v) is 8.01. The van der Waals surface area contributed by atoms with Gasteiger partial charge < -0.3 is 10.6 Å². The molecule has 1 saturated heterocycles. The fourth-order valence-electron chi connectivity index (χ4n) is 2.27. The summed E-state index contributed by atoms with van der Waals surface area (Å²) in [6.45, 7) is 1.88. The minimum absolute atomic E-state index is 0.237. The summed E-state index contributed by atoms with van der Waals surface area (Å²) in [6, 6.07) is 0.480. The molecule has 1 aliphatic carbocycles. The summed E-state index contributed by atoms with van der Waals surface area (Å²) in [7, 11) is 0. The third-order valence-corrected chi connectivity index (χ3v) is 3.13. The second-order valence-electron chi connectivity index (χ2n) is 4.18. The molecule has 0 unspecified atom stereocenters. The van der Waals surface area contributed by atoms with Gasteiger partial charge in [-0.2, -0.15) is 0 Å². The van der Waals surface area contributed by atoms with Crippen LogP contribution in [0.25, 0.3) is 0 Å². The van der Waals surface area contributed by atoms with Gasteiger partial charge in [-0.1, -0.05) is 12.8 Å². The predicted octanol–water partition coefficient (Wildman–Crippen LogP) is 0.655. The van der Waals surface area contributed by atoms with Crippen LogP contribution in [0.3, 0.4) is 0 Å². The average molecular weight is 182 g/mol. The van der Waals surface area contributed by atoms with Gasteiger partial charge in [0.15, 0.2) is 0 Å². The van der Waals surface area contributed by atoms with Crippen molar-refractivity contribution in [2.75, 3.05) is 13.1 Å². The first-order chi connectivity index (χ1) is 6.36. The number of rotatable bonds is 2. The van der Waals surface area contributed by atoms with Gasteiger partial charge in [-0.25, -0.2) is 0 Å². The maximum Gasteiger partial charge on any atom is 0.224 e. The lowest BCUT2D eigenvalue weighted by molar-refractivity contribution is -0.125. The first-order valence-corrected chi connectivity index (χ1v) is 5.37. The second-order valence-corrected chi connectivity index (χ2v) is 4.18. The summed E-state index contributed by atoms with van der Waals surface area (Å²) < 4.78 is 0. The maximum absolute atomic E-state index is 11.7. The van der Waals surface area contributed by atoms with Gasteiger partial charge in [-0.15, -0.1) is 0 Å². The van der Waals surface area contributed by atoms with Crippen molar-refractivity contribution in [3.8, 4) is 0 Å².